The molecule has 0 aromatic heterocycles. The fourth-order valence-electron chi connectivity index (χ4n) is 4.62. The summed E-state index contributed by atoms with van der Waals surface area (Å²) in [7, 11) is 3.21. The summed E-state index contributed by atoms with van der Waals surface area (Å²) in [6.45, 7) is 2.24. The Kier molecular flexibility index (Phi) is 5.77. The van der Waals surface area contributed by atoms with E-state index < -0.39 is 36.2 Å². The first-order chi connectivity index (χ1) is 13.5. The third-order valence-corrected chi connectivity index (χ3v) is 6.16. The molecule has 2 heterocycles. The molecular formula is C21H30O7. The van der Waals surface area contributed by atoms with Crippen molar-refractivity contribution in [2.45, 2.75) is 81.5 Å². The Balaban J connectivity index is 1.53. The number of ether oxygens (including phenoxy) is 6. The van der Waals surface area contributed by atoms with Crippen molar-refractivity contribution in [3.63, 3.8) is 0 Å². The number of benzene rings is 1. The largest absolute Gasteiger partial charge is 0.385 e. The number of fused-ring (bicyclic) bond motifs is 2. The van der Waals surface area contributed by atoms with Gasteiger partial charge < -0.3 is 33.5 Å². The summed E-state index contributed by atoms with van der Waals surface area (Å²) >= 11 is 0. The van der Waals surface area contributed by atoms with Crippen LogP contribution in [0.3, 0.4) is 0 Å². The highest BCUT2D eigenvalue weighted by Crippen LogP contribution is 2.51. The quantitative estimate of drug-likeness (QED) is 0.822. The molecule has 4 rings (SSSR count). The molecule has 1 aromatic carbocycles. The molecule has 7 atom stereocenters. The van der Waals surface area contributed by atoms with Crippen LogP contribution < -0.4 is 0 Å². The third kappa shape index (κ3) is 3.29. The first-order valence-corrected chi connectivity index (χ1v) is 9.99. The summed E-state index contributed by atoms with van der Waals surface area (Å²) in [6, 6.07) is 9.78. The predicted octanol–water partition coefficient (Wildman–Crippen LogP) is 2.35. The molecule has 1 aliphatic carbocycles. The van der Waals surface area contributed by atoms with E-state index in [2.05, 4.69) is 0 Å². The predicted molar refractivity (Wildman–Crippen MR) is 99.3 cm³/mol. The van der Waals surface area contributed by atoms with E-state index in [4.69, 9.17) is 28.4 Å². The van der Waals surface area contributed by atoms with E-state index in [1.807, 2.05) is 37.3 Å². The molecule has 7 heteroatoms. The second-order valence-corrected chi connectivity index (χ2v) is 7.78. The van der Waals surface area contributed by atoms with Gasteiger partial charge in [-0.3, -0.25) is 0 Å². The molecule has 1 aromatic rings. The van der Waals surface area contributed by atoms with Gasteiger partial charge in [-0.2, -0.15) is 0 Å². The maximum absolute atomic E-state index is 11.0. The molecule has 2 aliphatic heterocycles. The van der Waals surface area contributed by atoms with Crippen molar-refractivity contribution >= 4 is 0 Å². The highest BCUT2D eigenvalue weighted by atomic mass is 16.8. The highest BCUT2D eigenvalue weighted by Gasteiger charge is 2.66. The molecule has 0 radical (unpaired) electrons. The minimum atomic E-state index is -1.05. The highest BCUT2D eigenvalue weighted by molar-refractivity contribution is 5.13. The zero-order valence-corrected chi connectivity index (χ0v) is 16.7. The van der Waals surface area contributed by atoms with Crippen LogP contribution in [0.4, 0.5) is 0 Å². The maximum Gasteiger partial charge on any atom is 0.223 e. The minimum absolute atomic E-state index is 0.335. The molecule has 1 N–H and O–H groups in total. The van der Waals surface area contributed by atoms with Gasteiger partial charge in [0.15, 0.2) is 6.29 Å². The van der Waals surface area contributed by atoms with Crippen molar-refractivity contribution in [2.75, 3.05) is 14.2 Å². The number of aliphatic hydroxyl groups excluding tert-OH is 1. The molecule has 3 aliphatic rings. The summed E-state index contributed by atoms with van der Waals surface area (Å²) in [5.74, 6) is -2.06. The van der Waals surface area contributed by atoms with Crippen LogP contribution in [-0.4, -0.2) is 61.6 Å². The number of rotatable bonds is 5. The van der Waals surface area contributed by atoms with Gasteiger partial charge in [0.2, 0.25) is 11.6 Å². The van der Waals surface area contributed by atoms with E-state index in [0.29, 0.717) is 19.4 Å². The summed E-state index contributed by atoms with van der Waals surface area (Å²) in [5, 5.41) is 11.0. The van der Waals surface area contributed by atoms with Gasteiger partial charge in [-0.05, 0) is 25.3 Å². The summed E-state index contributed by atoms with van der Waals surface area (Å²) < 4.78 is 36.3. The van der Waals surface area contributed by atoms with Gasteiger partial charge in [0.25, 0.3) is 0 Å². The lowest BCUT2D eigenvalue weighted by molar-refractivity contribution is -0.495. The van der Waals surface area contributed by atoms with Crippen LogP contribution in [0.25, 0.3) is 0 Å². The molecule has 0 bridgehead atoms. The Hall–Kier alpha value is -1.06. The van der Waals surface area contributed by atoms with Gasteiger partial charge >= 0.3 is 0 Å². The van der Waals surface area contributed by atoms with E-state index in [0.717, 1.165) is 18.4 Å². The van der Waals surface area contributed by atoms with Gasteiger partial charge in [0.05, 0.1) is 12.7 Å². The number of methoxy groups -OCH3 is 2. The lowest BCUT2D eigenvalue weighted by atomic mass is 9.84. The molecule has 1 saturated carbocycles. The van der Waals surface area contributed by atoms with E-state index in [1.165, 1.54) is 0 Å². The Morgan fingerprint density at radius 3 is 2.21 bits per heavy atom. The number of aliphatic hydroxyl groups is 1. The Bertz CT molecular complexity index is 655. The van der Waals surface area contributed by atoms with Gasteiger partial charge in [-0.25, -0.2) is 0 Å². The van der Waals surface area contributed by atoms with Crippen molar-refractivity contribution in [1.29, 1.82) is 0 Å². The van der Waals surface area contributed by atoms with Crippen LogP contribution in [0.2, 0.25) is 0 Å². The average molecular weight is 394 g/mol. The van der Waals surface area contributed by atoms with E-state index in [9.17, 15) is 5.11 Å². The molecule has 2 saturated heterocycles. The smallest absolute Gasteiger partial charge is 0.223 e. The Labute approximate surface area is 165 Å². The molecule has 156 valence electrons. The second kappa shape index (κ2) is 7.99. The van der Waals surface area contributed by atoms with Gasteiger partial charge in [0, 0.05) is 27.1 Å². The molecular weight excluding hydrogens is 364 g/mol. The van der Waals surface area contributed by atoms with Gasteiger partial charge in [-0.1, -0.05) is 30.3 Å². The number of hydrogen-bond acceptors (Lipinski definition) is 7. The molecule has 28 heavy (non-hydrogen) atoms. The van der Waals surface area contributed by atoms with Crippen molar-refractivity contribution in [1.82, 2.24) is 0 Å². The SMILES string of the molecule is CO[C@@]12CCCC[C@@]1(OC)O[C@H]1[C@@H](O)[C@H](OCc3ccccc3)O[C@@H](C)[C@@H]1O2. The summed E-state index contributed by atoms with van der Waals surface area (Å²) in [4.78, 5) is 0. The molecule has 3 fully saturated rings. The third-order valence-electron chi connectivity index (χ3n) is 6.16. The van der Waals surface area contributed by atoms with Crippen molar-refractivity contribution in [3.8, 4) is 0 Å². The topological polar surface area (TPSA) is 75.6 Å². The summed E-state index contributed by atoms with van der Waals surface area (Å²) in [5.41, 5.74) is 1.01. The van der Waals surface area contributed by atoms with E-state index in [1.54, 1.807) is 14.2 Å². The van der Waals surface area contributed by atoms with E-state index >= 15 is 0 Å². The number of hydrogen-bond donors (Lipinski definition) is 1. The average Bonchev–Trinajstić information content (AvgIpc) is 2.74. The normalized spacial score (nSPS) is 43.2. The first kappa shape index (κ1) is 20.2. The minimum Gasteiger partial charge on any atom is -0.385 e. The van der Waals surface area contributed by atoms with Crippen LogP contribution >= 0.6 is 0 Å². The second-order valence-electron chi connectivity index (χ2n) is 7.78. The zero-order chi connectivity index (χ0) is 19.8. The zero-order valence-electron chi connectivity index (χ0n) is 16.7. The van der Waals surface area contributed by atoms with Crippen LogP contribution in [0.15, 0.2) is 30.3 Å². The molecule has 0 amide bonds. The van der Waals surface area contributed by atoms with Crippen molar-refractivity contribution < 1.29 is 33.5 Å². The lowest BCUT2D eigenvalue weighted by Crippen LogP contribution is -2.74. The van der Waals surface area contributed by atoms with Crippen molar-refractivity contribution in [2.24, 2.45) is 0 Å². The molecule has 7 nitrogen and oxygen atoms in total. The monoisotopic (exact) mass is 394 g/mol. The van der Waals surface area contributed by atoms with E-state index in [-0.39, 0.29) is 6.10 Å². The molecule has 0 unspecified atom stereocenters. The lowest BCUT2D eigenvalue weighted by Gasteiger charge is -2.59. The van der Waals surface area contributed by atoms with Crippen LogP contribution in [0.5, 0.6) is 0 Å². The standard InChI is InChI=1S/C21H30O7/c1-14-17-18(16(22)19(26-14)25-13-15-9-5-4-6-10-15)28-21(24-3)12-8-7-11-20(21,23-2)27-17/h4-6,9-10,14,16-19,22H,7-8,11-13H2,1-3H3/t14-,16+,17-,18-,19+,20+,21+/m0/s1. The van der Waals surface area contributed by atoms with Crippen LogP contribution in [-0.2, 0) is 35.0 Å². The fourth-order valence-corrected chi connectivity index (χ4v) is 4.62. The van der Waals surface area contributed by atoms with Crippen LogP contribution in [0.1, 0.15) is 38.2 Å². The first-order valence-electron chi connectivity index (χ1n) is 9.99. The fraction of sp³-hybridized carbons (Fsp3) is 0.714. The molecule has 0 spiro atoms. The van der Waals surface area contributed by atoms with Gasteiger partial charge in [-0.15, -0.1) is 0 Å². The van der Waals surface area contributed by atoms with Crippen LogP contribution in [0, 0.1) is 0 Å². The Morgan fingerprint density at radius 2 is 1.61 bits per heavy atom. The Morgan fingerprint density at radius 1 is 1.00 bits per heavy atom. The van der Waals surface area contributed by atoms with Gasteiger partial charge in [0.1, 0.15) is 18.3 Å². The van der Waals surface area contributed by atoms with Crippen molar-refractivity contribution in [3.05, 3.63) is 35.9 Å². The summed E-state index contributed by atoms with van der Waals surface area (Å²) in [6.07, 6.45) is -0.0658. The maximum atomic E-state index is 11.0.